The van der Waals surface area contributed by atoms with Crippen molar-refractivity contribution in [2.45, 2.75) is 37.5 Å². The number of carbonyl (C=O) groups is 2. The summed E-state index contributed by atoms with van der Waals surface area (Å²) >= 11 is 6.39. The molecule has 1 atom stereocenters. The fraction of sp³-hybridized carbons (Fsp3) is 0.517. The van der Waals surface area contributed by atoms with Gasteiger partial charge in [-0.3, -0.25) is 9.59 Å². The van der Waals surface area contributed by atoms with Crippen LogP contribution in [0.25, 0.3) is 0 Å². The van der Waals surface area contributed by atoms with Crippen molar-refractivity contribution in [2.24, 2.45) is 11.8 Å². The summed E-state index contributed by atoms with van der Waals surface area (Å²) in [5.41, 5.74) is -2.80. The van der Waals surface area contributed by atoms with Crippen LogP contribution in [0.4, 0.5) is 18.9 Å². The Balaban J connectivity index is 1.36. The molecule has 2 amide bonds. The number of methoxy groups -OCH3 is 1. The Morgan fingerprint density at radius 3 is 2.10 bits per heavy atom. The van der Waals surface area contributed by atoms with Crippen molar-refractivity contribution < 1.29 is 32.6 Å². The standard InChI is InChI=1S/C29H35ClF3N3O4/c1-34(2)26(37)24-8-7-22(18-25(24)30)35-13-9-19(10-14-35)20-11-15-36(16-12-20)27(38)28(39,29(31,32)33)21-5-4-6-23(17-21)40-3/h4-8,17-20,39H,9-16H2,1-3H3/t28-/m0/s1. The van der Waals surface area contributed by atoms with E-state index in [9.17, 15) is 27.9 Å². The first-order chi connectivity index (χ1) is 18.9. The number of carbonyl (C=O) groups excluding carboxylic acids is 2. The highest BCUT2D eigenvalue weighted by molar-refractivity contribution is 6.34. The van der Waals surface area contributed by atoms with Crippen LogP contribution >= 0.6 is 11.6 Å². The molecule has 0 spiro atoms. The lowest BCUT2D eigenvalue weighted by Gasteiger charge is -2.42. The lowest BCUT2D eigenvalue weighted by molar-refractivity contribution is -0.262. The summed E-state index contributed by atoms with van der Waals surface area (Å²) in [6, 6.07) is 10.4. The molecule has 0 bridgehead atoms. The number of halogens is 4. The van der Waals surface area contributed by atoms with Gasteiger partial charge in [-0.25, -0.2) is 0 Å². The number of hydrogen-bond acceptors (Lipinski definition) is 5. The van der Waals surface area contributed by atoms with Gasteiger partial charge in [-0.05, 0) is 67.9 Å². The molecule has 0 aromatic heterocycles. The maximum Gasteiger partial charge on any atom is 0.430 e. The molecule has 2 aromatic carbocycles. The van der Waals surface area contributed by atoms with Gasteiger partial charge in [0, 0.05) is 51.5 Å². The Morgan fingerprint density at radius 2 is 1.57 bits per heavy atom. The topological polar surface area (TPSA) is 73.3 Å². The highest BCUT2D eigenvalue weighted by atomic mass is 35.5. The van der Waals surface area contributed by atoms with Crippen molar-refractivity contribution in [1.29, 1.82) is 0 Å². The highest BCUT2D eigenvalue weighted by Gasteiger charge is 2.62. The zero-order valence-electron chi connectivity index (χ0n) is 22.9. The maximum atomic E-state index is 14.1. The maximum absolute atomic E-state index is 14.1. The van der Waals surface area contributed by atoms with Gasteiger partial charge in [0.05, 0.1) is 17.7 Å². The highest BCUT2D eigenvalue weighted by Crippen LogP contribution is 2.43. The SMILES string of the molecule is COc1cccc([C@](O)(C(=O)N2CCC(C3CCN(c4ccc(C(=O)N(C)C)c(Cl)c4)CC3)CC2)C(F)(F)F)c1. The Labute approximate surface area is 237 Å². The van der Waals surface area contributed by atoms with E-state index in [0.717, 1.165) is 48.7 Å². The molecule has 2 heterocycles. The smallest absolute Gasteiger partial charge is 0.430 e. The van der Waals surface area contributed by atoms with Crippen LogP contribution in [0.5, 0.6) is 5.75 Å². The third-order valence-corrected chi connectivity index (χ3v) is 8.51. The van der Waals surface area contributed by atoms with Gasteiger partial charge in [-0.2, -0.15) is 13.2 Å². The predicted octanol–water partition coefficient (Wildman–Crippen LogP) is 4.96. The van der Waals surface area contributed by atoms with Gasteiger partial charge in [0.15, 0.2) is 0 Å². The second-order valence-electron chi connectivity index (χ2n) is 10.8. The van der Waals surface area contributed by atoms with Crippen LogP contribution < -0.4 is 9.64 Å². The van der Waals surface area contributed by atoms with E-state index in [1.54, 1.807) is 20.2 Å². The first-order valence-corrected chi connectivity index (χ1v) is 13.7. The predicted molar refractivity (Wildman–Crippen MR) is 147 cm³/mol. The molecule has 0 radical (unpaired) electrons. The molecular formula is C29H35ClF3N3O4. The molecule has 2 aromatic rings. The molecule has 1 N–H and O–H groups in total. The minimum absolute atomic E-state index is 0.123. The number of ether oxygens (including phenoxy) is 1. The van der Waals surface area contributed by atoms with Crippen molar-refractivity contribution in [2.75, 3.05) is 52.3 Å². The summed E-state index contributed by atoms with van der Waals surface area (Å²) in [4.78, 5) is 30.3. The number of hydrogen-bond donors (Lipinski definition) is 1. The summed E-state index contributed by atoms with van der Waals surface area (Å²) in [5, 5.41) is 11.2. The van der Waals surface area contributed by atoms with E-state index in [-0.39, 0.29) is 30.7 Å². The average molecular weight is 582 g/mol. The van der Waals surface area contributed by atoms with Crippen LogP contribution in [0.1, 0.15) is 41.6 Å². The van der Waals surface area contributed by atoms with Gasteiger partial charge in [-0.15, -0.1) is 0 Å². The number of nitrogens with zero attached hydrogens (tertiary/aromatic N) is 3. The van der Waals surface area contributed by atoms with Gasteiger partial charge >= 0.3 is 6.18 Å². The number of aliphatic hydroxyl groups is 1. The van der Waals surface area contributed by atoms with E-state index in [4.69, 9.17) is 16.3 Å². The first-order valence-electron chi connectivity index (χ1n) is 13.4. The Bertz CT molecular complexity index is 1230. The molecule has 2 fully saturated rings. The molecule has 218 valence electrons. The van der Waals surface area contributed by atoms with Gasteiger partial charge in [0.1, 0.15) is 5.75 Å². The summed E-state index contributed by atoms with van der Waals surface area (Å²) in [5.74, 6) is -0.714. The van der Waals surface area contributed by atoms with Crippen LogP contribution in [0.15, 0.2) is 42.5 Å². The Hall–Kier alpha value is -2.98. The van der Waals surface area contributed by atoms with Crippen molar-refractivity contribution >= 4 is 29.1 Å². The van der Waals surface area contributed by atoms with E-state index >= 15 is 0 Å². The van der Waals surface area contributed by atoms with Gasteiger partial charge < -0.3 is 24.5 Å². The molecule has 0 saturated carbocycles. The lowest BCUT2D eigenvalue weighted by Crippen LogP contribution is -2.57. The minimum atomic E-state index is -5.19. The normalized spacial score (nSPS) is 18.8. The average Bonchev–Trinajstić information content (AvgIpc) is 2.95. The van der Waals surface area contributed by atoms with E-state index in [1.807, 2.05) is 12.1 Å². The van der Waals surface area contributed by atoms with Gasteiger partial charge in [0.2, 0.25) is 0 Å². The van der Waals surface area contributed by atoms with Crippen molar-refractivity contribution in [3.63, 3.8) is 0 Å². The van der Waals surface area contributed by atoms with E-state index < -0.39 is 23.2 Å². The van der Waals surface area contributed by atoms with Crippen molar-refractivity contribution in [3.8, 4) is 5.75 Å². The fourth-order valence-corrected chi connectivity index (χ4v) is 6.06. The molecule has 2 aliphatic heterocycles. The summed E-state index contributed by atoms with van der Waals surface area (Å²) < 4.78 is 47.4. The minimum Gasteiger partial charge on any atom is -0.497 e. The zero-order chi connectivity index (χ0) is 29.2. The molecule has 4 rings (SSSR count). The van der Waals surface area contributed by atoms with Crippen LogP contribution in [0.2, 0.25) is 5.02 Å². The van der Waals surface area contributed by atoms with Crippen LogP contribution in [-0.2, 0) is 10.4 Å². The largest absolute Gasteiger partial charge is 0.497 e. The zero-order valence-corrected chi connectivity index (χ0v) is 23.6. The molecule has 2 saturated heterocycles. The monoisotopic (exact) mass is 581 g/mol. The number of alkyl halides is 3. The lowest BCUT2D eigenvalue weighted by atomic mass is 9.78. The summed E-state index contributed by atoms with van der Waals surface area (Å²) in [6.45, 7) is 1.90. The Morgan fingerprint density at radius 1 is 0.975 bits per heavy atom. The number of rotatable bonds is 6. The summed E-state index contributed by atoms with van der Waals surface area (Å²) in [6.07, 6.45) is -2.22. The molecule has 0 aliphatic carbocycles. The second kappa shape index (κ2) is 11.9. The molecule has 11 heteroatoms. The van der Waals surface area contributed by atoms with Crippen LogP contribution in [0, 0.1) is 11.8 Å². The van der Waals surface area contributed by atoms with Gasteiger partial charge in [-0.1, -0.05) is 23.7 Å². The third-order valence-electron chi connectivity index (χ3n) is 8.19. The molecule has 0 unspecified atom stereocenters. The van der Waals surface area contributed by atoms with Gasteiger partial charge in [0.25, 0.3) is 17.4 Å². The second-order valence-corrected chi connectivity index (χ2v) is 11.2. The fourth-order valence-electron chi connectivity index (χ4n) is 5.80. The first kappa shape index (κ1) is 30.0. The molecular weight excluding hydrogens is 547 g/mol. The van der Waals surface area contributed by atoms with Crippen LogP contribution in [0.3, 0.4) is 0 Å². The number of benzene rings is 2. The van der Waals surface area contributed by atoms with E-state index in [0.29, 0.717) is 29.3 Å². The molecule has 2 aliphatic rings. The molecule has 7 nitrogen and oxygen atoms in total. The van der Waals surface area contributed by atoms with E-state index in [2.05, 4.69) is 4.90 Å². The number of anilines is 1. The number of amides is 2. The number of likely N-dealkylation sites (tertiary alicyclic amines) is 1. The van der Waals surface area contributed by atoms with Crippen LogP contribution in [-0.4, -0.2) is 80.3 Å². The quantitative estimate of drug-likeness (QED) is 0.522. The Kier molecular flexibility index (Phi) is 8.89. The van der Waals surface area contributed by atoms with Crippen molar-refractivity contribution in [3.05, 3.63) is 58.6 Å². The van der Waals surface area contributed by atoms with E-state index in [1.165, 1.54) is 24.1 Å². The third kappa shape index (κ3) is 5.88. The molecule has 40 heavy (non-hydrogen) atoms. The van der Waals surface area contributed by atoms with Crippen molar-refractivity contribution in [1.82, 2.24) is 9.80 Å². The summed E-state index contributed by atoms with van der Waals surface area (Å²) in [7, 11) is 4.66. The number of piperidine rings is 2.